The Kier molecular flexibility index (Phi) is 10.7. The fourth-order valence-electron chi connectivity index (χ4n) is 6.62. The zero-order chi connectivity index (χ0) is 34.3. The summed E-state index contributed by atoms with van der Waals surface area (Å²) in [7, 11) is 1.38. The quantitative estimate of drug-likeness (QED) is 0.143. The minimum absolute atomic E-state index is 0.0482. The van der Waals surface area contributed by atoms with Gasteiger partial charge in [0, 0.05) is 35.5 Å². The van der Waals surface area contributed by atoms with E-state index in [0.29, 0.717) is 30.6 Å². The van der Waals surface area contributed by atoms with E-state index in [1.54, 1.807) is 12.1 Å². The highest BCUT2D eigenvalue weighted by Gasteiger charge is 2.35. The molecule has 6 rings (SSSR count). The molecule has 2 heterocycles. The van der Waals surface area contributed by atoms with Gasteiger partial charge >= 0.3 is 5.97 Å². The molecule has 1 saturated heterocycles. The van der Waals surface area contributed by atoms with Gasteiger partial charge in [-0.25, -0.2) is 4.39 Å². The van der Waals surface area contributed by atoms with Crippen molar-refractivity contribution in [1.29, 1.82) is 0 Å². The van der Waals surface area contributed by atoms with Gasteiger partial charge in [-0.15, -0.1) is 0 Å². The molecule has 5 aromatic rings. The van der Waals surface area contributed by atoms with Crippen molar-refractivity contribution in [2.75, 3.05) is 12.4 Å². The molecule has 0 bridgehead atoms. The molecule has 1 aliphatic heterocycles. The SMILES string of the molecule is COC(=O)C[C@H]1C[C@@H](CCn2c(-c3ccc(F)cc3)c(-c3ccccc3)c(C(=O)Nc3ccccc3)c2C(C)C)OC(c2ccccc2)O1. The summed E-state index contributed by atoms with van der Waals surface area (Å²) < 4.78 is 34.2. The highest BCUT2D eigenvalue weighted by atomic mass is 19.1. The number of halogens is 1. The normalized spacial score (nSPS) is 17.5. The first-order valence-corrected chi connectivity index (χ1v) is 16.7. The molecule has 1 N–H and O–H groups in total. The van der Waals surface area contributed by atoms with Crippen LogP contribution in [0.2, 0.25) is 0 Å². The standard InChI is InChI=1S/C41H41FN2O5/c1-27(2)38-37(40(46)43-32-17-11-6-12-18-32)36(28-13-7-4-8-14-28)39(29-19-21-31(42)22-20-29)44(38)24-23-33-25-34(26-35(45)47-3)49-41(48-33)30-15-9-5-10-16-30/h4-22,27,33-34,41H,23-26H2,1-3H3,(H,43,46)/t33-,34-,41?/m1/s1. The fraction of sp³-hybridized carbons (Fsp3) is 0.268. The van der Waals surface area contributed by atoms with Crippen LogP contribution < -0.4 is 5.32 Å². The highest BCUT2D eigenvalue weighted by molar-refractivity contribution is 6.12. The monoisotopic (exact) mass is 660 g/mol. The summed E-state index contributed by atoms with van der Waals surface area (Å²) in [5.74, 6) is -0.952. The van der Waals surface area contributed by atoms with Crippen molar-refractivity contribution >= 4 is 17.6 Å². The van der Waals surface area contributed by atoms with Gasteiger partial charge in [-0.05, 0) is 59.9 Å². The molecular formula is C41H41FN2O5. The van der Waals surface area contributed by atoms with Gasteiger partial charge in [0.15, 0.2) is 6.29 Å². The molecule has 8 heteroatoms. The van der Waals surface area contributed by atoms with Gasteiger partial charge in [-0.3, -0.25) is 9.59 Å². The number of carbonyl (C=O) groups is 2. The van der Waals surface area contributed by atoms with Gasteiger partial charge in [0.05, 0.1) is 37.0 Å². The van der Waals surface area contributed by atoms with E-state index in [1.807, 2.05) is 91.0 Å². The van der Waals surface area contributed by atoms with Crippen LogP contribution in [0.1, 0.15) is 66.9 Å². The van der Waals surface area contributed by atoms with Gasteiger partial charge in [-0.2, -0.15) is 0 Å². The third-order valence-electron chi connectivity index (χ3n) is 8.82. The van der Waals surface area contributed by atoms with Gasteiger partial charge < -0.3 is 24.1 Å². The number of methoxy groups -OCH3 is 1. The van der Waals surface area contributed by atoms with Crippen LogP contribution in [0.4, 0.5) is 10.1 Å². The third kappa shape index (κ3) is 7.82. The number of nitrogens with zero attached hydrogens (tertiary/aromatic N) is 1. The lowest BCUT2D eigenvalue weighted by Gasteiger charge is -2.36. The lowest BCUT2D eigenvalue weighted by atomic mass is 9.94. The van der Waals surface area contributed by atoms with Crippen molar-refractivity contribution in [3.05, 3.63) is 138 Å². The van der Waals surface area contributed by atoms with Gasteiger partial charge in [0.25, 0.3) is 5.91 Å². The van der Waals surface area contributed by atoms with Crippen LogP contribution in [0.3, 0.4) is 0 Å². The summed E-state index contributed by atoms with van der Waals surface area (Å²) in [6, 6.07) is 35.4. The number of hydrogen-bond acceptors (Lipinski definition) is 5. The van der Waals surface area contributed by atoms with Crippen LogP contribution in [0.25, 0.3) is 22.4 Å². The number of rotatable bonds is 11. The number of nitrogens with one attached hydrogen (secondary N) is 1. The van der Waals surface area contributed by atoms with Crippen LogP contribution in [-0.4, -0.2) is 35.8 Å². The third-order valence-corrected chi connectivity index (χ3v) is 8.82. The first kappa shape index (κ1) is 33.8. The molecule has 0 spiro atoms. The minimum Gasteiger partial charge on any atom is -0.469 e. The molecule has 252 valence electrons. The van der Waals surface area contributed by atoms with E-state index in [1.165, 1.54) is 19.2 Å². The Labute approximate surface area is 286 Å². The summed E-state index contributed by atoms with van der Waals surface area (Å²) in [6.45, 7) is 4.66. The summed E-state index contributed by atoms with van der Waals surface area (Å²) in [4.78, 5) is 26.7. The maximum Gasteiger partial charge on any atom is 0.308 e. The van der Waals surface area contributed by atoms with Crippen molar-refractivity contribution in [3.8, 4) is 22.4 Å². The Morgan fingerprint density at radius 3 is 2.08 bits per heavy atom. The fourth-order valence-corrected chi connectivity index (χ4v) is 6.62. The van der Waals surface area contributed by atoms with Crippen LogP contribution in [0.5, 0.6) is 0 Å². The number of ether oxygens (including phenoxy) is 3. The molecule has 1 amide bonds. The Morgan fingerprint density at radius 2 is 1.45 bits per heavy atom. The van der Waals surface area contributed by atoms with Crippen molar-refractivity contribution in [2.24, 2.45) is 0 Å². The van der Waals surface area contributed by atoms with Crippen LogP contribution >= 0.6 is 0 Å². The Morgan fingerprint density at radius 1 is 0.837 bits per heavy atom. The number of esters is 1. The molecule has 1 aromatic heterocycles. The van der Waals surface area contributed by atoms with Crippen molar-refractivity contribution < 1.29 is 28.2 Å². The van der Waals surface area contributed by atoms with Crippen LogP contribution in [0, 0.1) is 5.82 Å². The average molecular weight is 661 g/mol. The zero-order valence-electron chi connectivity index (χ0n) is 28.0. The second-order valence-electron chi connectivity index (χ2n) is 12.5. The Balaban J connectivity index is 1.45. The van der Waals surface area contributed by atoms with E-state index in [9.17, 15) is 14.0 Å². The number of amides is 1. The Hall–Kier alpha value is -5.05. The van der Waals surface area contributed by atoms with Crippen molar-refractivity contribution in [2.45, 2.75) is 64.1 Å². The molecule has 1 unspecified atom stereocenters. The van der Waals surface area contributed by atoms with Crippen molar-refractivity contribution in [3.63, 3.8) is 0 Å². The maximum absolute atomic E-state index is 14.4. The summed E-state index contributed by atoms with van der Waals surface area (Å²) in [5, 5.41) is 3.13. The predicted octanol–water partition coefficient (Wildman–Crippen LogP) is 9.16. The number of anilines is 1. The summed E-state index contributed by atoms with van der Waals surface area (Å²) in [6.07, 6.45) is -0.125. The van der Waals surface area contributed by atoms with E-state index in [-0.39, 0.29) is 36.1 Å². The van der Waals surface area contributed by atoms with E-state index in [2.05, 4.69) is 23.7 Å². The topological polar surface area (TPSA) is 78.8 Å². The first-order valence-electron chi connectivity index (χ1n) is 16.7. The smallest absolute Gasteiger partial charge is 0.308 e. The predicted molar refractivity (Wildman–Crippen MR) is 189 cm³/mol. The molecule has 0 radical (unpaired) electrons. The summed E-state index contributed by atoms with van der Waals surface area (Å²) >= 11 is 0. The molecule has 0 saturated carbocycles. The first-order chi connectivity index (χ1) is 23.8. The molecule has 1 aliphatic rings. The number of benzene rings is 4. The molecule has 3 atom stereocenters. The lowest BCUT2D eigenvalue weighted by molar-refractivity contribution is -0.250. The molecule has 4 aromatic carbocycles. The van der Waals surface area contributed by atoms with Crippen LogP contribution in [-0.2, 0) is 25.5 Å². The second-order valence-corrected chi connectivity index (χ2v) is 12.5. The number of hydrogen-bond donors (Lipinski definition) is 1. The number of aromatic nitrogens is 1. The largest absolute Gasteiger partial charge is 0.469 e. The van der Waals surface area contributed by atoms with Gasteiger partial charge in [0.2, 0.25) is 0 Å². The number of carbonyl (C=O) groups excluding carboxylic acids is 2. The van der Waals surface area contributed by atoms with E-state index in [4.69, 9.17) is 14.2 Å². The summed E-state index contributed by atoms with van der Waals surface area (Å²) in [5.41, 5.74) is 6.27. The van der Waals surface area contributed by atoms with Gasteiger partial charge in [-0.1, -0.05) is 92.7 Å². The van der Waals surface area contributed by atoms with Crippen LogP contribution in [0.15, 0.2) is 115 Å². The average Bonchev–Trinajstić information content (AvgIpc) is 3.48. The number of para-hydroxylation sites is 1. The minimum atomic E-state index is -0.646. The molecule has 0 aliphatic carbocycles. The lowest BCUT2D eigenvalue weighted by Crippen LogP contribution is -2.36. The van der Waals surface area contributed by atoms with E-state index >= 15 is 0 Å². The molecular weight excluding hydrogens is 619 g/mol. The highest BCUT2D eigenvalue weighted by Crippen LogP contribution is 2.43. The molecule has 1 fully saturated rings. The van der Waals surface area contributed by atoms with E-state index < -0.39 is 12.4 Å². The maximum atomic E-state index is 14.4. The zero-order valence-corrected chi connectivity index (χ0v) is 28.0. The van der Waals surface area contributed by atoms with E-state index in [0.717, 1.165) is 33.6 Å². The van der Waals surface area contributed by atoms with Gasteiger partial charge in [0.1, 0.15) is 5.82 Å². The van der Waals surface area contributed by atoms with Crippen molar-refractivity contribution in [1.82, 2.24) is 4.57 Å². The molecule has 49 heavy (non-hydrogen) atoms. The second kappa shape index (κ2) is 15.4. The Bertz CT molecular complexity index is 1860. The molecule has 7 nitrogen and oxygen atoms in total.